The molecule has 0 saturated heterocycles. The molecule has 6 atom stereocenters. The van der Waals surface area contributed by atoms with Gasteiger partial charge in [-0.2, -0.15) is 0 Å². The molecule has 0 fully saturated rings. The summed E-state index contributed by atoms with van der Waals surface area (Å²) < 4.78 is 68.7. The van der Waals surface area contributed by atoms with Crippen molar-refractivity contribution in [3.05, 3.63) is 0 Å². The Balaban J connectivity index is 5.27. The minimum Gasteiger partial charge on any atom is -0.462 e. The predicted molar refractivity (Wildman–Crippen MR) is 400 cm³/mol. The fourth-order valence-corrected chi connectivity index (χ4v) is 13.7. The van der Waals surface area contributed by atoms with E-state index in [0.717, 1.165) is 108 Å². The van der Waals surface area contributed by atoms with E-state index in [1.165, 1.54) is 218 Å². The summed E-state index contributed by atoms with van der Waals surface area (Å²) >= 11 is 0. The van der Waals surface area contributed by atoms with Crippen LogP contribution in [0.4, 0.5) is 0 Å². The first-order valence-corrected chi connectivity index (χ1v) is 43.9. The molecule has 0 bridgehead atoms. The van der Waals surface area contributed by atoms with E-state index in [1.807, 2.05) is 0 Å². The monoisotopic (exact) mass is 1440 g/mol. The lowest BCUT2D eigenvalue weighted by Gasteiger charge is -2.21. The third kappa shape index (κ3) is 71.1. The lowest BCUT2D eigenvalue weighted by Crippen LogP contribution is -2.30. The molecule has 0 aromatic heterocycles. The zero-order chi connectivity index (χ0) is 72.3. The van der Waals surface area contributed by atoms with Gasteiger partial charge in [-0.15, -0.1) is 0 Å². The lowest BCUT2D eigenvalue weighted by atomic mass is 9.99. The molecule has 0 rings (SSSR count). The van der Waals surface area contributed by atoms with Gasteiger partial charge in [-0.1, -0.05) is 357 Å². The summed E-state index contributed by atoms with van der Waals surface area (Å²) in [6, 6.07) is 0. The number of phosphoric acid groups is 2. The van der Waals surface area contributed by atoms with Gasteiger partial charge in [0.15, 0.2) is 12.2 Å². The molecule has 3 N–H and O–H groups in total. The zero-order valence-corrected chi connectivity index (χ0v) is 66.0. The second-order valence-corrected chi connectivity index (χ2v) is 32.6. The molecule has 0 aromatic rings. The van der Waals surface area contributed by atoms with Gasteiger partial charge in [0.05, 0.1) is 26.4 Å². The SMILES string of the molecule is CCCCCCCCCCCCCCC(=O)OC[C@H](COP(=O)(O)OC[C@H](O)COP(=O)(O)OC[C@@H](COC(=O)CCCCCCCCCCCCCCCC(C)C)OC(=O)CCCCCCCCCCCCCCCC(C)C)OC(=O)CCCCCCCCCCCCC(C)CC. The third-order valence-electron chi connectivity index (χ3n) is 18.7. The normalized spacial score (nSPS) is 14.3. The summed E-state index contributed by atoms with van der Waals surface area (Å²) in [7, 11) is -9.92. The largest absolute Gasteiger partial charge is 0.472 e. The average Bonchev–Trinajstić information content (AvgIpc) is 0.930. The minimum absolute atomic E-state index is 0.106. The highest BCUT2D eigenvalue weighted by Gasteiger charge is 2.30. The second kappa shape index (κ2) is 69.4. The Morgan fingerprint density at radius 2 is 0.520 bits per heavy atom. The molecule has 0 aromatic carbocycles. The maximum atomic E-state index is 13.1. The molecule has 0 radical (unpaired) electrons. The number of carbonyl (C=O) groups is 4. The number of aliphatic hydroxyl groups excluding tert-OH is 1. The predicted octanol–water partition coefficient (Wildman–Crippen LogP) is 23.4. The highest BCUT2D eigenvalue weighted by molar-refractivity contribution is 7.47. The van der Waals surface area contributed by atoms with E-state index in [4.69, 9.17) is 37.0 Å². The first-order chi connectivity index (χ1) is 47.3. The summed E-state index contributed by atoms with van der Waals surface area (Å²) in [6.45, 7) is 12.0. The molecule has 0 saturated carbocycles. The molecule has 0 amide bonds. The molecular weight excluding hydrogens is 1280 g/mol. The van der Waals surface area contributed by atoms with Crippen molar-refractivity contribution in [3.8, 4) is 0 Å². The standard InChI is InChI=1S/C79H154O17P2/c1-8-10-11-12-13-14-15-24-32-39-46-53-60-76(81)89-67-75(96-79(84)63-56-49-42-35-28-27-31-38-45-52-59-72(7)9-2)69-94-98(87,88)92-65-73(80)64-91-97(85,86)93-68-74(95-78(83)62-55-48-41-34-26-21-17-19-23-30-37-44-51-58-71(5)6)66-90-77(82)61-54-47-40-33-25-20-16-18-22-29-36-43-50-57-70(3)4/h70-75,80H,8-69H2,1-7H3,(H,85,86)(H,87,88)/t72?,73-,74-,75-/m1/s1. The van der Waals surface area contributed by atoms with Crippen molar-refractivity contribution in [3.63, 3.8) is 0 Å². The van der Waals surface area contributed by atoms with Gasteiger partial charge >= 0.3 is 39.5 Å². The highest BCUT2D eigenvalue weighted by Crippen LogP contribution is 2.45. The highest BCUT2D eigenvalue weighted by atomic mass is 31.2. The maximum Gasteiger partial charge on any atom is 0.472 e. The molecule has 19 heteroatoms. The van der Waals surface area contributed by atoms with Crippen LogP contribution in [0.5, 0.6) is 0 Å². The van der Waals surface area contributed by atoms with Gasteiger partial charge in [-0.25, -0.2) is 9.13 Å². The molecule has 0 heterocycles. The van der Waals surface area contributed by atoms with E-state index >= 15 is 0 Å². The smallest absolute Gasteiger partial charge is 0.462 e. The van der Waals surface area contributed by atoms with Crippen LogP contribution in [0.1, 0.15) is 408 Å². The number of hydrogen-bond acceptors (Lipinski definition) is 15. The molecule has 0 aliphatic rings. The molecule has 0 spiro atoms. The molecular formula is C79H154O17P2. The minimum atomic E-state index is -4.96. The summed E-state index contributed by atoms with van der Waals surface area (Å²) in [4.78, 5) is 73.0. The van der Waals surface area contributed by atoms with Crippen LogP contribution in [0.15, 0.2) is 0 Å². The van der Waals surface area contributed by atoms with E-state index in [9.17, 15) is 43.2 Å². The van der Waals surface area contributed by atoms with Crippen LogP contribution in [0, 0.1) is 17.8 Å². The van der Waals surface area contributed by atoms with Crippen molar-refractivity contribution in [2.45, 2.75) is 426 Å². The Hall–Kier alpha value is -1.94. The average molecular weight is 1440 g/mol. The Bertz CT molecular complexity index is 1910. The van der Waals surface area contributed by atoms with E-state index in [2.05, 4.69) is 48.5 Å². The number of carbonyl (C=O) groups excluding carboxylic acids is 4. The van der Waals surface area contributed by atoms with Crippen molar-refractivity contribution in [2.24, 2.45) is 17.8 Å². The van der Waals surface area contributed by atoms with Gasteiger partial charge < -0.3 is 33.8 Å². The Morgan fingerprint density at radius 1 is 0.296 bits per heavy atom. The van der Waals surface area contributed by atoms with Gasteiger partial charge in [0, 0.05) is 25.7 Å². The van der Waals surface area contributed by atoms with Crippen LogP contribution in [-0.4, -0.2) is 96.7 Å². The quantitative estimate of drug-likeness (QED) is 0.0222. The van der Waals surface area contributed by atoms with E-state index in [1.54, 1.807) is 0 Å². The summed E-state index contributed by atoms with van der Waals surface area (Å²) in [5, 5.41) is 10.6. The van der Waals surface area contributed by atoms with Crippen LogP contribution in [0.2, 0.25) is 0 Å². The summed E-state index contributed by atoms with van der Waals surface area (Å²) in [5.41, 5.74) is 0. The first-order valence-electron chi connectivity index (χ1n) is 40.9. The lowest BCUT2D eigenvalue weighted by molar-refractivity contribution is -0.161. The van der Waals surface area contributed by atoms with Crippen molar-refractivity contribution < 1.29 is 80.2 Å². The number of aliphatic hydroxyl groups is 1. The fourth-order valence-electron chi connectivity index (χ4n) is 12.1. The van der Waals surface area contributed by atoms with Crippen molar-refractivity contribution >= 4 is 39.5 Å². The number of ether oxygens (including phenoxy) is 4. The number of rotatable bonds is 77. The second-order valence-electron chi connectivity index (χ2n) is 29.6. The maximum absolute atomic E-state index is 13.1. The van der Waals surface area contributed by atoms with Crippen LogP contribution in [-0.2, 0) is 65.4 Å². The van der Waals surface area contributed by atoms with Gasteiger partial charge in [0.2, 0.25) is 0 Å². The van der Waals surface area contributed by atoms with Crippen LogP contribution in [0.3, 0.4) is 0 Å². The Labute approximate surface area is 600 Å². The van der Waals surface area contributed by atoms with Gasteiger partial charge in [0.1, 0.15) is 19.3 Å². The number of hydrogen-bond donors (Lipinski definition) is 3. The van der Waals surface area contributed by atoms with E-state index in [-0.39, 0.29) is 25.7 Å². The molecule has 98 heavy (non-hydrogen) atoms. The van der Waals surface area contributed by atoms with Crippen LogP contribution < -0.4 is 0 Å². The number of phosphoric ester groups is 2. The van der Waals surface area contributed by atoms with Gasteiger partial charge in [-0.05, 0) is 43.4 Å². The Morgan fingerprint density at radius 3 is 0.776 bits per heavy atom. The molecule has 0 aliphatic carbocycles. The van der Waals surface area contributed by atoms with Crippen LogP contribution >= 0.6 is 15.6 Å². The number of esters is 4. The molecule has 0 aliphatic heterocycles. The summed E-state index contributed by atoms with van der Waals surface area (Å²) in [5.74, 6) is 0.269. The first kappa shape index (κ1) is 96.1. The third-order valence-corrected chi connectivity index (χ3v) is 20.6. The van der Waals surface area contributed by atoms with Gasteiger partial charge in [-0.3, -0.25) is 37.3 Å². The fraction of sp³-hybridized carbons (Fsp3) is 0.949. The summed E-state index contributed by atoms with van der Waals surface area (Å²) in [6.07, 6.45) is 56.6. The number of unbranched alkanes of at least 4 members (excludes halogenated alkanes) is 44. The van der Waals surface area contributed by atoms with Crippen molar-refractivity contribution in [1.82, 2.24) is 0 Å². The van der Waals surface area contributed by atoms with E-state index < -0.39 is 97.5 Å². The molecule has 3 unspecified atom stereocenters. The van der Waals surface area contributed by atoms with Crippen LogP contribution in [0.25, 0.3) is 0 Å². The zero-order valence-electron chi connectivity index (χ0n) is 64.3. The molecule has 17 nitrogen and oxygen atoms in total. The van der Waals surface area contributed by atoms with Crippen molar-refractivity contribution in [2.75, 3.05) is 39.6 Å². The van der Waals surface area contributed by atoms with E-state index in [0.29, 0.717) is 25.7 Å². The van der Waals surface area contributed by atoms with Crippen molar-refractivity contribution in [1.29, 1.82) is 0 Å². The topological polar surface area (TPSA) is 237 Å². The Kier molecular flexibility index (Phi) is 68.1. The molecule has 582 valence electrons. The van der Waals surface area contributed by atoms with Gasteiger partial charge in [0.25, 0.3) is 0 Å².